The Balaban J connectivity index is 2.29. The van der Waals surface area contributed by atoms with E-state index >= 15 is 0 Å². The number of esters is 1. The third-order valence-electron chi connectivity index (χ3n) is 1.24. The van der Waals surface area contributed by atoms with E-state index in [1.54, 1.807) is 6.92 Å². The Morgan fingerprint density at radius 2 is 2.55 bits per heavy atom. The summed E-state index contributed by atoms with van der Waals surface area (Å²) in [5.74, 6) is -0.426. The minimum Gasteiger partial charge on any atom is -0.418 e. The second kappa shape index (κ2) is 3.50. The summed E-state index contributed by atoms with van der Waals surface area (Å²) in [6.07, 6.45) is -0.584. The van der Waals surface area contributed by atoms with E-state index in [0.717, 1.165) is 0 Å². The molecule has 11 heavy (non-hydrogen) atoms. The summed E-state index contributed by atoms with van der Waals surface area (Å²) in [7, 11) is 0. The Morgan fingerprint density at radius 1 is 1.82 bits per heavy atom. The molecule has 0 aromatic carbocycles. The molecule has 1 atom stereocenters. The summed E-state index contributed by atoms with van der Waals surface area (Å²) in [6, 6.07) is 0. The number of rotatable bonds is 2. The van der Waals surface area contributed by atoms with Gasteiger partial charge in [-0.05, 0) is 6.92 Å². The van der Waals surface area contributed by atoms with Crippen molar-refractivity contribution in [1.82, 2.24) is 5.32 Å². The van der Waals surface area contributed by atoms with E-state index in [1.807, 2.05) is 0 Å². The molecule has 0 saturated carbocycles. The summed E-state index contributed by atoms with van der Waals surface area (Å²) < 4.78 is 9.78. The van der Waals surface area contributed by atoms with E-state index in [1.165, 1.54) is 0 Å². The number of carbonyl (C=O) groups excluding carboxylic acids is 1. The molecular weight excluding hydrogens is 146 g/mol. The quantitative estimate of drug-likeness (QED) is 0.453. The summed E-state index contributed by atoms with van der Waals surface area (Å²) in [6.45, 7) is 6.33. The maximum atomic E-state index is 10.9. The van der Waals surface area contributed by atoms with Crippen molar-refractivity contribution in [2.45, 2.75) is 13.3 Å². The molecule has 62 valence electrons. The second-order valence-electron chi connectivity index (χ2n) is 2.34. The standard InChI is InChI=1S/C7H11NO3/c1-5(2)6(9)11-7-8-3-4-10-7/h7-8H,1,3-4H2,2H3. The minimum absolute atomic E-state index is 0.377. The fourth-order valence-electron chi connectivity index (χ4n) is 0.675. The lowest BCUT2D eigenvalue weighted by atomic mass is 10.4. The van der Waals surface area contributed by atoms with Crippen LogP contribution in [-0.2, 0) is 14.3 Å². The van der Waals surface area contributed by atoms with Gasteiger partial charge in [-0.25, -0.2) is 4.79 Å². The molecule has 0 aliphatic carbocycles. The monoisotopic (exact) mass is 157 g/mol. The lowest BCUT2D eigenvalue weighted by Gasteiger charge is -2.10. The first-order valence-corrected chi connectivity index (χ1v) is 3.41. The molecule has 1 aliphatic rings. The molecule has 1 heterocycles. The average Bonchev–Trinajstić information content (AvgIpc) is 2.39. The highest BCUT2D eigenvalue weighted by molar-refractivity contribution is 5.86. The average molecular weight is 157 g/mol. The largest absolute Gasteiger partial charge is 0.418 e. The van der Waals surface area contributed by atoms with Crippen LogP contribution in [0.4, 0.5) is 0 Å². The SMILES string of the molecule is C=C(C)C(=O)OC1NCCO1. The van der Waals surface area contributed by atoms with Crippen molar-refractivity contribution in [2.75, 3.05) is 13.2 Å². The van der Waals surface area contributed by atoms with Crippen LogP contribution >= 0.6 is 0 Å². The molecule has 0 spiro atoms. The number of ether oxygens (including phenoxy) is 2. The Bertz CT molecular complexity index is 173. The molecule has 1 aliphatic heterocycles. The van der Waals surface area contributed by atoms with Crippen LogP contribution in [0.1, 0.15) is 6.92 Å². The van der Waals surface area contributed by atoms with Gasteiger partial charge in [-0.1, -0.05) is 6.58 Å². The van der Waals surface area contributed by atoms with Crippen LogP contribution in [0.3, 0.4) is 0 Å². The first-order valence-electron chi connectivity index (χ1n) is 3.41. The fourth-order valence-corrected chi connectivity index (χ4v) is 0.675. The Hall–Kier alpha value is -0.870. The van der Waals surface area contributed by atoms with E-state index < -0.39 is 12.4 Å². The molecule has 4 heteroatoms. The molecule has 1 saturated heterocycles. The van der Waals surface area contributed by atoms with Gasteiger partial charge in [-0.3, -0.25) is 5.32 Å². The maximum Gasteiger partial charge on any atom is 0.336 e. The first kappa shape index (κ1) is 8.23. The fraction of sp³-hybridized carbons (Fsp3) is 0.571. The predicted molar refractivity (Wildman–Crippen MR) is 38.6 cm³/mol. The zero-order valence-electron chi connectivity index (χ0n) is 6.42. The van der Waals surface area contributed by atoms with Gasteiger partial charge >= 0.3 is 5.97 Å². The molecule has 1 fully saturated rings. The highest BCUT2D eigenvalue weighted by Gasteiger charge is 2.18. The van der Waals surface area contributed by atoms with Crippen LogP contribution in [0.25, 0.3) is 0 Å². The predicted octanol–water partition coefficient (Wildman–Crippen LogP) is 0.00910. The van der Waals surface area contributed by atoms with Gasteiger partial charge in [0.25, 0.3) is 6.41 Å². The second-order valence-corrected chi connectivity index (χ2v) is 2.34. The van der Waals surface area contributed by atoms with Crippen molar-refractivity contribution in [3.63, 3.8) is 0 Å². The molecule has 0 aromatic heterocycles. The third-order valence-corrected chi connectivity index (χ3v) is 1.24. The van der Waals surface area contributed by atoms with E-state index in [4.69, 9.17) is 9.47 Å². The highest BCUT2D eigenvalue weighted by atomic mass is 16.7. The van der Waals surface area contributed by atoms with Crippen LogP contribution in [-0.4, -0.2) is 25.5 Å². The maximum absolute atomic E-state index is 10.9. The lowest BCUT2D eigenvalue weighted by molar-refractivity contribution is -0.168. The van der Waals surface area contributed by atoms with Crippen molar-refractivity contribution >= 4 is 5.97 Å². The number of hydrogen-bond donors (Lipinski definition) is 1. The molecule has 1 rings (SSSR count). The lowest BCUT2D eigenvalue weighted by Crippen LogP contribution is -2.28. The summed E-state index contributed by atoms with van der Waals surface area (Å²) >= 11 is 0. The van der Waals surface area contributed by atoms with Gasteiger partial charge in [0.2, 0.25) is 0 Å². The Kier molecular flexibility index (Phi) is 2.62. The first-order chi connectivity index (χ1) is 5.20. The normalized spacial score (nSPS) is 23.2. The zero-order valence-corrected chi connectivity index (χ0v) is 6.42. The molecule has 0 amide bonds. The molecule has 0 bridgehead atoms. The van der Waals surface area contributed by atoms with Gasteiger partial charge in [-0.15, -0.1) is 0 Å². The van der Waals surface area contributed by atoms with Crippen molar-refractivity contribution < 1.29 is 14.3 Å². The topological polar surface area (TPSA) is 47.6 Å². The van der Waals surface area contributed by atoms with Crippen LogP contribution < -0.4 is 5.32 Å². The van der Waals surface area contributed by atoms with Gasteiger partial charge in [0.1, 0.15) is 0 Å². The van der Waals surface area contributed by atoms with Crippen LogP contribution in [0.2, 0.25) is 0 Å². The van der Waals surface area contributed by atoms with Crippen LogP contribution in [0.15, 0.2) is 12.2 Å². The molecule has 1 unspecified atom stereocenters. The van der Waals surface area contributed by atoms with Gasteiger partial charge < -0.3 is 9.47 Å². The number of carbonyl (C=O) groups is 1. The van der Waals surface area contributed by atoms with Gasteiger partial charge in [-0.2, -0.15) is 0 Å². The number of nitrogens with one attached hydrogen (secondary N) is 1. The molecular formula is C7H11NO3. The van der Waals surface area contributed by atoms with E-state index in [9.17, 15) is 4.79 Å². The molecule has 0 radical (unpaired) electrons. The molecule has 0 aromatic rings. The van der Waals surface area contributed by atoms with Gasteiger partial charge in [0.05, 0.1) is 6.61 Å². The molecule has 4 nitrogen and oxygen atoms in total. The van der Waals surface area contributed by atoms with Gasteiger partial charge in [0.15, 0.2) is 0 Å². The van der Waals surface area contributed by atoms with E-state index in [2.05, 4.69) is 11.9 Å². The smallest absolute Gasteiger partial charge is 0.336 e. The Labute approximate surface area is 65.2 Å². The highest BCUT2D eigenvalue weighted by Crippen LogP contribution is 2.01. The summed E-state index contributed by atoms with van der Waals surface area (Å²) in [4.78, 5) is 10.9. The van der Waals surface area contributed by atoms with E-state index in [-0.39, 0.29) is 0 Å². The van der Waals surface area contributed by atoms with E-state index in [0.29, 0.717) is 18.7 Å². The Morgan fingerprint density at radius 3 is 3.00 bits per heavy atom. The number of hydrogen-bond acceptors (Lipinski definition) is 4. The summed E-state index contributed by atoms with van der Waals surface area (Å²) in [5.41, 5.74) is 0.377. The van der Waals surface area contributed by atoms with Crippen molar-refractivity contribution in [1.29, 1.82) is 0 Å². The van der Waals surface area contributed by atoms with Crippen molar-refractivity contribution in [3.05, 3.63) is 12.2 Å². The van der Waals surface area contributed by atoms with Crippen LogP contribution in [0.5, 0.6) is 0 Å². The van der Waals surface area contributed by atoms with Crippen molar-refractivity contribution in [2.24, 2.45) is 0 Å². The van der Waals surface area contributed by atoms with Gasteiger partial charge in [0, 0.05) is 12.1 Å². The van der Waals surface area contributed by atoms with Crippen molar-refractivity contribution in [3.8, 4) is 0 Å². The third kappa shape index (κ3) is 2.32. The zero-order chi connectivity index (χ0) is 8.27. The minimum atomic E-state index is -0.584. The molecule has 1 N–H and O–H groups in total. The van der Waals surface area contributed by atoms with Crippen LogP contribution in [0, 0.1) is 0 Å². The summed E-state index contributed by atoms with van der Waals surface area (Å²) in [5, 5.41) is 2.84.